The zero-order valence-corrected chi connectivity index (χ0v) is 20.3. The van der Waals surface area contributed by atoms with Crippen LogP contribution in [0.3, 0.4) is 0 Å². The van der Waals surface area contributed by atoms with Gasteiger partial charge in [-0.2, -0.15) is 0 Å². The molecule has 182 valence electrons. The fourth-order valence-electron chi connectivity index (χ4n) is 5.55. The fourth-order valence-corrected chi connectivity index (χ4v) is 5.55. The number of nitrogens with zero attached hydrogens (tertiary/aromatic N) is 2. The normalized spacial score (nSPS) is 19.3. The van der Waals surface area contributed by atoms with E-state index in [9.17, 15) is 19.5 Å². The number of carbonyl (C=O) groups excluding carboxylic acids is 1. The molecule has 0 saturated heterocycles. The Balaban J connectivity index is 1.77. The Labute approximate surface area is 202 Å². The number of hydrogen-bond donors (Lipinski definition) is 2. The van der Waals surface area contributed by atoms with Crippen molar-refractivity contribution in [2.45, 2.75) is 65.3 Å². The highest BCUT2D eigenvalue weighted by atomic mass is 16.5. The standard InChI is InChI=1S/C27H29N3O5/c1-5-15-16-9-7-8-10-20(16)28-23-17(15)12-30-21(23)11-19-18(24(30)31)13-35-26(34)27(19,6-2)29-22(14(3)4)25(32)33/h7-11,14,22,29H,5-6,12-13H2,1-4H3,(H,32,33)/t22-,27-/m0/s1. The van der Waals surface area contributed by atoms with Crippen molar-refractivity contribution >= 4 is 22.8 Å². The van der Waals surface area contributed by atoms with Gasteiger partial charge in [-0.3, -0.25) is 14.9 Å². The van der Waals surface area contributed by atoms with Crippen LogP contribution in [0.15, 0.2) is 35.1 Å². The first-order valence-electron chi connectivity index (χ1n) is 12.1. The highest BCUT2D eigenvalue weighted by Crippen LogP contribution is 2.40. The Kier molecular flexibility index (Phi) is 5.51. The maximum Gasteiger partial charge on any atom is 0.331 e. The molecular weight excluding hydrogens is 446 g/mol. The molecule has 1 aromatic carbocycles. The van der Waals surface area contributed by atoms with Crippen molar-refractivity contribution in [2.24, 2.45) is 5.92 Å². The van der Waals surface area contributed by atoms with Crippen LogP contribution in [-0.2, 0) is 39.4 Å². The van der Waals surface area contributed by atoms with Crippen molar-refractivity contribution in [3.8, 4) is 11.4 Å². The number of nitrogens with one attached hydrogen (secondary N) is 1. The first-order chi connectivity index (χ1) is 16.7. The number of aromatic nitrogens is 2. The predicted octanol–water partition coefficient (Wildman–Crippen LogP) is 3.35. The SMILES string of the molecule is CCc1c2c(nc3ccccc13)-c1cc3c(c(=O)n1C2)COC(=O)[C@@]3(CC)N[C@H](C(=O)O)C(C)C. The van der Waals surface area contributed by atoms with E-state index in [1.165, 1.54) is 0 Å². The van der Waals surface area contributed by atoms with Crippen molar-refractivity contribution in [3.05, 3.63) is 62.9 Å². The quantitative estimate of drug-likeness (QED) is 0.412. The number of carboxylic acids is 1. The van der Waals surface area contributed by atoms with Crippen LogP contribution in [0, 0.1) is 5.92 Å². The van der Waals surface area contributed by atoms with E-state index in [0.717, 1.165) is 34.1 Å². The summed E-state index contributed by atoms with van der Waals surface area (Å²) in [6.45, 7) is 7.71. The van der Waals surface area contributed by atoms with Crippen LogP contribution >= 0.6 is 0 Å². The van der Waals surface area contributed by atoms with Crippen LogP contribution in [0.25, 0.3) is 22.3 Å². The molecule has 8 heteroatoms. The molecule has 2 aromatic heterocycles. The van der Waals surface area contributed by atoms with E-state index in [4.69, 9.17) is 9.72 Å². The Morgan fingerprint density at radius 1 is 1.23 bits per heavy atom. The number of rotatable bonds is 6. The lowest BCUT2D eigenvalue weighted by molar-refractivity contribution is -0.158. The molecule has 0 spiro atoms. The number of ether oxygens (including phenoxy) is 1. The van der Waals surface area contributed by atoms with E-state index in [0.29, 0.717) is 23.4 Å². The Hall–Kier alpha value is -3.52. The van der Waals surface area contributed by atoms with Gasteiger partial charge in [-0.1, -0.05) is 45.9 Å². The molecule has 3 aromatic rings. The van der Waals surface area contributed by atoms with Crippen molar-refractivity contribution < 1.29 is 19.4 Å². The summed E-state index contributed by atoms with van der Waals surface area (Å²) in [6.07, 6.45) is 1.03. The summed E-state index contributed by atoms with van der Waals surface area (Å²) >= 11 is 0. The molecule has 0 aliphatic carbocycles. The topological polar surface area (TPSA) is 111 Å². The average Bonchev–Trinajstić information content (AvgIpc) is 3.20. The largest absolute Gasteiger partial charge is 0.480 e. The number of esters is 1. The second kappa shape index (κ2) is 8.30. The first-order valence-corrected chi connectivity index (χ1v) is 12.1. The van der Waals surface area contributed by atoms with Crippen LogP contribution in [-0.4, -0.2) is 32.6 Å². The third kappa shape index (κ3) is 3.31. The van der Waals surface area contributed by atoms with Gasteiger partial charge in [-0.15, -0.1) is 0 Å². The molecule has 2 aliphatic heterocycles. The molecule has 0 fully saturated rings. The lowest BCUT2D eigenvalue weighted by Gasteiger charge is -2.39. The Bertz CT molecular complexity index is 1440. The number of carboxylic acid groups (broad SMARTS) is 1. The summed E-state index contributed by atoms with van der Waals surface area (Å²) in [6, 6.07) is 8.79. The van der Waals surface area contributed by atoms with Crippen LogP contribution < -0.4 is 10.9 Å². The van der Waals surface area contributed by atoms with E-state index in [-0.39, 0.29) is 24.5 Å². The fraction of sp³-hybridized carbons (Fsp3) is 0.407. The van der Waals surface area contributed by atoms with E-state index >= 15 is 0 Å². The molecule has 2 aliphatic rings. The minimum atomic E-state index is -1.44. The number of cyclic esters (lactones) is 1. The van der Waals surface area contributed by atoms with E-state index in [1.54, 1.807) is 25.3 Å². The molecule has 4 heterocycles. The number of fused-ring (bicyclic) bond motifs is 5. The van der Waals surface area contributed by atoms with Gasteiger partial charge in [0.25, 0.3) is 5.56 Å². The molecule has 0 bridgehead atoms. The van der Waals surface area contributed by atoms with Gasteiger partial charge in [0.05, 0.1) is 29.0 Å². The summed E-state index contributed by atoms with van der Waals surface area (Å²) in [5.74, 6) is -1.91. The number of benzene rings is 1. The molecule has 5 rings (SSSR count). The van der Waals surface area contributed by atoms with Gasteiger partial charge in [-0.25, -0.2) is 9.78 Å². The summed E-state index contributed by atoms with van der Waals surface area (Å²) < 4.78 is 7.17. The molecule has 8 nitrogen and oxygen atoms in total. The molecular formula is C27H29N3O5. The van der Waals surface area contributed by atoms with Crippen molar-refractivity contribution in [2.75, 3.05) is 0 Å². The highest BCUT2D eigenvalue weighted by Gasteiger charge is 2.49. The van der Waals surface area contributed by atoms with Gasteiger partial charge in [0.1, 0.15) is 18.2 Å². The summed E-state index contributed by atoms with van der Waals surface area (Å²) in [5, 5.41) is 14.0. The number of aryl methyl sites for hydroxylation is 1. The molecule has 0 amide bonds. The van der Waals surface area contributed by atoms with Crippen LogP contribution in [0.1, 0.15) is 56.4 Å². The summed E-state index contributed by atoms with van der Waals surface area (Å²) in [5.41, 5.74) is 3.60. The average molecular weight is 476 g/mol. The van der Waals surface area contributed by atoms with Gasteiger partial charge in [0.2, 0.25) is 0 Å². The molecule has 0 saturated carbocycles. The molecule has 0 unspecified atom stereocenters. The van der Waals surface area contributed by atoms with E-state index < -0.39 is 23.5 Å². The molecule has 2 atom stereocenters. The van der Waals surface area contributed by atoms with Gasteiger partial charge in [0.15, 0.2) is 0 Å². The maximum absolute atomic E-state index is 13.7. The lowest BCUT2D eigenvalue weighted by atomic mass is 9.81. The van der Waals surface area contributed by atoms with Gasteiger partial charge >= 0.3 is 11.9 Å². The van der Waals surface area contributed by atoms with E-state index in [2.05, 4.69) is 18.3 Å². The Morgan fingerprint density at radius 2 is 1.97 bits per heavy atom. The van der Waals surface area contributed by atoms with Crippen LogP contribution in [0.4, 0.5) is 0 Å². The minimum absolute atomic E-state index is 0.136. The van der Waals surface area contributed by atoms with Crippen molar-refractivity contribution in [1.82, 2.24) is 14.9 Å². The lowest BCUT2D eigenvalue weighted by Crippen LogP contribution is -2.60. The highest BCUT2D eigenvalue weighted by molar-refractivity contribution is 5.89. The number of aliphatic carboxylic acids is 1. The van der Waals surface area contributed by atoms with Crippen molar-refractivity contribution in [1.29, 1.82) is 0 Å². The maximum atomic E-state index is 13.7. The Morgan fingerprint density at radius 3 is 2.63 bits per heavy atom. The zero-order chi connectivity index (χ0) is 25.1. The minimum Gasteiger partial charge on any atom is -0.480 e. The second-order valence-corrected chi connectivity index (χ2v) is 9.64. The number of para-hydroxylation sites is 1. The van der Waals surface area contributed by atoms with Crippen LogP contribution in [0.5, 0.6) is 0 Å². The van der Waals surface area contributed by atoms with Gasteiger partial charge < -0.3 is 14.4 Å². The molecule has 0 radical (unpaired) electrons. The van der Waals surface area contributed by atoms with Gasteiger partial charge in [0, 0.05) is 10.9 Å². The van der Waals surface area contributed by atoms with E-state index in [1.807, 2.05) is 24.3 Å². The first kappa shape index (κ1) is 23.2. The number of pyridine rings is 2. The third-order valence-corrected chi connectivity index (χ3v) is 7.45. The second-order valence-electron chi connectivity index (χ2n) is 9.64. The smallest absolute Gasteiger partial charge is 0.331 e. The molecule has 2 N–H and O–H groups in total. The number of hydrogen-bond acceptors (Lipinski definition) is 6. The summed E-state index contributed by atoms with van der Waals surface area (Å²) in [7, 11) is 0. The number of carbonyl (C=O) groups is 2. The van der Waals surface area contributed by atoms with Gasteiger partial charge in [-0.05, 0) is 42.0 Å². The monoisotopic (exact) mass is 475 g/mol. The predicted molar refractivity (Wildman–Crippen MR) is 131 cm³/mol. The van der Waals surface area contributed by atoms with Crippen LogP contribution in [0.2, 0.25) is 0 Å². The third-order valence-electron chi connectivity index (χ3n) is 7.45. The zero-order valence-electron chi connectivity index (χ0n) is 20.3. The molecule has 35 heavy (non-hydrogen) atoms. The summed E-state index contributed by atoms with van der Waals surface area (Å²) in [4.78, 5) is 43.9. The van der Waals surface area contributed by atoms with Crippen molar-refractivity contribution in [3.63, 3.8) is 0 Å².